The maximum atomic E-state index is 13.1. The quantitative estimate of drug-likeness (QED) is 0.599. The minimum atomic E-state index is -3.86. The van der Waals surface area contributed by atoms with Crippen molar-refractivity contribution in [3.05, 3.63) is 48.3 Å². The summed E-state index contributed by atoms with van der Waals surface area (Å²) in [6.07, 6.45) is 2.27. The van der Waals surface area contributed by atoms with Crippen molar-refractivity contribution in [1.29, 1.82) is 0 Å². The first-order chi connectivity index (χ1) is 13.7. The summed E-state index contributed by atoms with van der Waals surface area (Å²) in [4.78, 5) is 11.4. The fourth-order valence-corrected chi connectivity index (χ4v) is 4.62. The van der Waals surface area contributed by atoms with Gasteiger partial charge in [0.25, 0.3) is 10.0 Å². The van der Waals surface area contributed by atoms with Gasteiger partial charge < -0.3 is 15.7 Å². The van der Waals surface area contributed by atoms with E-state index in [1.54, 1.807) is 18.2 Å². The van der Waals surface area contributed by atoms with E-state index in [0.717, 1.165) is 35.0 Å². The minimum Gasteiger partial charge on any atom is -0.481 e. The highest BCUT2D eigenvalue weighted by Crippen LogP contribution is 2.40. The molecule has 1 atom stereocenters. The molecule has 0 aliphatic carbocycles. The van der Waals surface area contributed by atoms with E-state index in [1.165, 1.54) is 19.2 Å². The standard InChI is InChI=1S/C20H24FN3O4S/c1-3-4-11-20(13-19(25)26)22-17-10-7-15(12-18(17)23-20)24(2)29(27,28)16-8-5-14(21)6-9-16/h5-10,12,22-23H,3-4,11,13H2,1-2H3,(H,25,26). The second-order valence-corrected chi connectivity index (χ2v) is 9.13. The molecule has 0 fully saturated rings. The Labute approximate surface area is 169 Å². The van der Waals surface area contributed by atoms with E-state index in [0.29, 0.717) is 17.8 Å². The molecule has 0 amide bonds. The maximum Gasteiger partial charge on any atom is 0.307 e. The van der Waals surface area contributed by atoms with Gasteiger partial charge in [-0.25, -0.2) is 12.8 Å². The molecule has 2 aromatic rings. The zero-order valence-electron chi connectivity index (χ0n) is 16.3. The van der Waals surface area contributed by atoms with Gasteiger partial charge in [0.15, 0.2) is 0 Å². The molecule has 9 heteroatoms. The van der Waals surface area contributed by atoms with Crippen LogP contribution in [-0.2, 0) is 14.8 Å². The summed E-state index contributed by atoms with van der Waals surface area (Å²) in [5.41, 5.74) is 0.959. The number of benzene rings is 2. The minimum absolute atomic E-state index is 0.0175. The van der Waals surface area contributed by atoms with Crippen LogP contribution in [0.15, 0.2) is 47.4 Å². The number of anilines is 3. The number of aliphatic carboxylic acids is 1. The van der Waals surface area contributed by atoms with Crippen LogP contribution in [-0.4, -0.2) is 32.2 Å². The second-order valence-electron chi connectivity index (χ2n) is 7.16. The topological polar surface area (TPSA) is 98.7 Å². The Balaban J connectivity index is 1.88. The summed E-state index contributed by atoms with van der Waals surface area (Å²) in [5, 5.41) is 15.8. The number of carboxylic acids is 1. The summed E-state index contributed by atoms with van der Waals surface area (Å²) >= 11 is 0. The van der Waals surface area contributed by atoms with Crippen LogP contribution in [0.2, 0.25) is 0 Å². The second kappa shape index (κ2) is 7.90. The van der Waals surface area contributed by atoms with Gasteiger partial charge in [-0.3, -0.25) is 9.10 Å². The number of halogens is 1. The van der Waals surface area contributed by atoms with Crippen LogP contribution < -0.4 is 14.9 Å². The van der Waals surface area contributed by atoms with Crippen molar-refractivity contribution in [2.45, 2.75) is 43.2 Å². The lowest BCUT2D eigenvalue weighted by molar-refractivity contribution is -0.138. The maximum absolute atomic E-state index is 13.1. The first-order valence-corrected chi connectivity index (χ1v) is 10.8. The van der Waals surface area contributed by atoms with Crippen LogP contribution in [0.25, 0.3) is 0 Å². The van der Waals surface area contributed by atoms with E-state index >= 15 is 0 Å². The van der Waals surface area contributed by atoms with Gasteiger partial charge in [-0.15, -0.1) is 0 Å². The Kier molecular flexibility index (Phi) is 5.70. The molecule has 0 bridgehead atoms. The summed E-state index contributed by atoms with van der Waals surface area (Å²) in [5.74, 6) is -1.44. The summed E-state index contributed by atoms with van der Waals surface area (Å²) in [7, 11) is -2.44. The lowest BCUT2D eigenvalue weighted by Gasteiger charge is -2.29. The largest absolute Gasteiger partial charge is 0.481 e. The Morgan fingerprint density at radius 1 is 1.14 bits per heavy atom. The molecule has 156 valence electrons. The third kappa shape index (κ3) is 4.29. The van der Waals surface area contributed by atoms with E-state index in [4.69, 9.17) is 0 Å². The van der Waals surface area contributed by atoms with E-state index < -0.39 is 27.5 Å². The lowest BCUT2D eigenvalue weighted by atomic mass is 9.99. The smallest absolute Gasteiger partial charge is 0.307 e. The molecule has 3 rings (SSSR count). The number of fused-ring (bicyclic) bond motifs is 1. The Bertz CT molecular complexity index is 1010. The third-order valence-electron chi connectivity index (χ3n) is 5.00. The lowest BCUT2D eigenvalue weighted by Crippen LogP contribution is -2.43. The average molecular weight is 421 g/mol. The van der Waals surface area contributed by atoms with Crippen LogP contribution in [0.4, 0.5) is 21.5 Å². The molecule has 1 heterocycles. The predicted molar refractivity (Wildman–Crippen MR) is 110 cm³/mol. The number of nitrogens with one attached hydrogen (secondary N) is 2. The first-order valence-electron chi connectivity index (χ1n) is 9.33. The van der Waals surface area contributed by atoms with Crippen molar-refractivity contribution in [3.8, 4) is 0 Å². The number of carbonyl (C=O) groups is 1. The number of carboxylic acid groups (broad SMARTS) is 1. The summed E-state index contributed by atoms with van der Waals surface area (Å²) in [6.45, 7) is 2.03. The number of sulfonamides is 1. The molecular weight excluding hydrogens is 397 g/mol. The van der Waals surface area contributed by atoms with Gasteiger partial charge >= 0.3 is 5.97 Å². The predicted octanol–water partition coefficient (Wildman–Crippen LogP) is 3.85. The molecule has 0 aromatic heterocycles. The van der Waals surface area contributed by atoms with Crippen LogP contribution in [0.1, 0.15) is 32.6 Å². The van der Waals surface area contributed by atoms with Crippen molar-refractivity contribution in [3.63, 3.8) is 0 Å². The normalized spacial score (nSPS) is 17.9. The zero-order valence-corrected chi connectivity index (χ0v) is 17.1. The first kappa shape index (κ1) is 20.9. The molecule has 0 radical (unpaired) electrons. The Morgan fingerprint density at radius 3 is 2.41 bits per heavy atom. The number of rotatable bonds is 8. The van der Waals surface area contributed by atoms with Crippen molar-refractivity contribution in [2.24, 2.45) is 0 Å². The fraction of sp³-hybridized carbons (Fsp3) is 0.350. The highest BCUT2D eigenvalue weighted by atomic mass is 32.2. The van der Waals surface area contributed by atoms with E-state index in [-0.39, 0.29) is 11.3 Å². The molecule has 1 aliphatic heterocycles. The van der Waals surface area contributed by atoms with Gasteiger partial charge in [0.2, 0.25) is 0 Å². The van der Waals surface area contributed by atoms with Crippen molar-refractivity contribution < 1.29 is 22.7 Å². The zero-order chi connectivity index (χ0) is 21.2. The fourth-order valence-electron chi connectivity index (χ4n) is 3.43. The third-order valence-corrected chi connectivity index (χ3v) is 6.80. The highest BCUT2D eigenvalue weighted by Gasteiger charge is 2.38. The Hall–Kier alpha value is -2.81. The molecule has 1 aliphatic rings. The van der Waals surface area contributed by atoms with Crippen molar-refractivity contribution >= 4 is 33.1 Å². The van der Waals surface area contributed by atoms with Crippen molar-refractivity contribution in [1.82, 2.24) is 0 Å². The molecule has 0 spiro atoms. The molecule has 0 saturated heterocycles. The molecule has 1 unspecified atom stereocenters. The monoisotopic (exact) mass is 421 g/mol. The van der Waals surface area contributed by atoms with Gasteiger partial charge in [0, 0.05) is 7.05 Å². The SMILES string of the molecule is CCCCC1(CC(=O)O)Nc2ccc(N(C)S(=O)(=O)c3ccc(F)cc3)cc2N1. The van der Waals surface area contributed by atoms with Crippen LogP contribution in [0.3, 0.4) is 0 Å². The van der Waals surface area contributed by atoms with Crippen molar-refractivity contribution in [2.75, 3.05) is 22.0 Å². The van der Waals surface area contributed by atoms with Gasteiger partial charge in [0.1, 0.15) is 11.5 Å². The number of hydrogen-bond acceptors (Lipinski definition) is 5. The van der Waals surface area contributed by atoms with Crippen LogP contribution >= 0.6 is 0 Å². The van der Waals surface area contributed by atoms with Gasteiger partial charge in [0.05, 0.1) is 28.4 Å². The van der Waals surface area contributed by atoms with Gasteiger partial charge in [-0.05, 0) is 55.3 Å². The number of nitrogens with zero attached hydrogens (tertiary/aromatic N) is 1. The average Bonchev–Trinajstić information content (AvgIpc) is 3.02. The van der Waals surface area contributed by atoms with Gasteiger partial charge in [-0.1, -0.05) is 13.3 Å². The van der Waals surface area contributed by atoms with Crippen LogP contribution in [0, 0.1) is 5.82 Å². The molecule has 29 heavy (non-hydrogen) atoms. The molecule has 2 aromatic carbocycles. The Morgan fingerprint density at radius 2 is 1.79 bits per heavy atom. The highest BCUT2D eigenvalue weighted by molar-refractivity contribution is 7.92. The summed E-state index contributed by atoms with van der Waals surface area (Å²) in [6, 6.07) is 9.67. The van der Waals surface area contributed by atoms with Gasteiger partial charge in [-0.2, -0.15) is 0 Å². The van der Waals surface area contributed by atoms with E-state index in [9.17, 15) is 22.7 Å². The van der Waals surface area contributed by atoms with E-state index in [1.807, 2.05) is 6.92 Å². The number of unbranched alkanes of at least 4 members (excludes halogenated alkanes) is 1. The van der Waals surface area contributed by atoms with E-state index in [2.05, 4.69) is 10.6 Å². The molecule has 3 N–H and O–H groups in total. The molecule has 0 saturated carbocycles. The number of hydrogen-bond donors (Lipinski definition) is 3. The summed E-state index contributed by atoms with van der Waals surface area (Å²) < 4.78 is 39.9. The molecule has 7 nitrogen and oxygen atoms in total. The molecular formula is C20H24FN3O4S. The van der Waals surface area contributed by atoms with Crippen LogP contribution in [0.5, 0.6) is 0 Å².